The zero-order chi connectivity index (χ0) is 41.7. The van der Waals surface area contributed by atoms with Crippen LogP contribution in [0.5, 0.6) is 0 Å². The monoisotopic (exact) mass is 796 g/mol. The number of nitrogens with two attached hydrogens (primary N) is 2. The summed E-state index contributed by atoms with van der Waals surface area (Å²) >= 11 is 0. The molecule has 14 nitrogen and oxygen atoms in total. The first-order valence-corrected chi connectivity index (χ1v) is 20.5. The molecular weight excluding hydrogens is 737 g/mol. The van der Waals surface area contributed by atoms with Crippen molar-refractivity contribution in [2.24, 2.45) is 17.4 Å². The molecule has 2 aliphatic heterocycles. The van der Waals surface area contributed by atoms with E-state index in [0.717, 1.165) is 22.4 Å². The van der Waals surface area contributed by atoms with Crippen molar-refractivity contribution < 1.29 is 29.1 Å². The molecule has 0 radical (unpaired) electrons. The van der Waals surface area contributed by atoms with Crippen molar-refractivity contribution in [1.82, 2.24) is 30.7 Å². The molecule has 0 saturated carbocycles. The second kappa shape index (κ2) is 21.0. The summed E-state index contributed by atoms with van der Waals surface area (Å²) in [6.45, 7) is 6.11. The Kier molecular flexibility index (Phi) is 15.9. The van der Waals surface area contributed by atoms with Gasteiger partial charge < -0.3 is 37.4 Å². The normalized spacial score (nSPS) is 17.1. The number of carbonyl (C=O) groups excluding carboxylic acids is 4. The molecule has 5 rings (SSSR count). The molecule has 58 heavy (non-hydrogen) atoms. The number of fused-ring (bicyclic) bond motifs is 2. The smallest absolute Gasteiger partial charge is 0.317 e. The summed E-state index contributed by atoms with van der Waals surface area (Å²) in [5, 5.41) is 18.3. The third kappa shape index (κ3) is 12.2. The largest absolute Gasteiger partial charge is 0.480 e. The van der Waals surface area contributed by atoms with Gasteiger partial charge in [0.25, 0.3) is 0 Å². The van der Waals surface area contributed by atoms with E-state index in [1.54, 1.807) is 11.1 Å². The highest BCUT2D eigenvalue weighted by molar-refractivity contribution is 5.95. The zero-order valence-electron chi connectivity index (χ0n) is 33.8. The number of pyridine rings is 1. The minimum Gasteiger partial charge on any atom is -0.480 e. The van der Waals surface area contributed by atoms with Crippen LogP contribution in [0, 0.1) is 5.92 Å². The number of unbranched alkanes of at least 4 members (excludes halogenated alkanes) is 1. The van der Waals surface area contributed by atoms with Gasteiger partial charge in [0.1, 0.15) is 18.1 Å². The molecule has 1 spiro atoms. The van der Waals surface area contributed by atoms with Gasteiger partial charge in [0.2, 0.25) is 23.6 Å². The maximum Gasteiger partial charge on any atom is 0.317 e. The van der Waals surface area contributed by atoms with E-state index in [9.17, 15) is 29.1 Å². The highest BCUT2D eigenvalue weighted by atomic mass is 16.4. The average Bonchev–Trinajstić information content (AvgIpc) is 3.20. The van der Waals surface area contributed by atoms with Crippen molar-refractivity contribution in [1.29, 1.82) is 0 Å². The van der Waals surface area contributed by atoms with Crippen LogP contribution in [0.2, 0.25) is 0 Å². The molecule has 3 heterocycles. The van der Waals surface area contributed by atoms with Gasteiger partial charge in [-0.3, -0.25) is 33.9 Å². The van der Waals surface area contributed by atoms with Gasteiger partial charge in [-0.15, -0.1) is 0 Å². The Morgan fingerprint density at radius 1 is 0.793 bits per heavy atom. The number of aliphatic carboxylic acids is 1. The number of benzene rings is 2. The van der Waals surface area contributed by atoms with Crippen molar-refractivity contribution in [2.45, 2.75) is 101 Å². The van der Waals surface area contributed by atoms with Crippen LogP contribution in [0.1, 0.15) is 74.8 Å². The standard InChI is InChI=1S/C44H60N8O6/c1-30(2)24-36(50-42(57)37(26-32-14-7-4-8-15-32)49-40(55)34(46)25-31-12-5-3-6-13-31)41(56)48-35(17-9-10-20-45)43(58)52-22-18-44(19-23-52)29-51(28-39(53)54)27-38-33(44)16-11-21-47-38/h3-8,11-16,21,30,34-37H,9-10,17-20,22-29,45-46H2,1-2H3,(H,48,56)(H,49,55)(H,50,57)(H,53,54)/t34-,35-,36-,37-/m1/s1. The van der Waals surface area contributed by atoms with E-state index in [0.29, 0.717) is 71.2 Å². The van der Waals surface area contributed by atoms with Crippen LogP contribution in [-0.4, -0.2) is 106 Å². The molecule has 312 valence electrons. The van der Waals surface area contributed by atoms with Gasteiger partial charge in [0.15, 0.2) is 0 Å². The van der Waals surface area contributed by atoms with Crippen molar-refractivity contribution >= 4 is 29.6 Å². The SMILES string of the molecule is CC(C)C[C@@H](NC(=O)[C@@H](Cc1ccccc1)NC(=O)[C@H](N)Cc1ccccc1)C(=O)N[C@H](CCCCN)C(=O)N1CCC2(CC1)CN(CC(=O)O)Cc1ncccc12. The van der Waals surface area contributed by atoms with E-state index in [-0.39, 0.29) is 36.6 Å². The van der Waals surface area contributed by atoms with Crippen LogP contribution >= 0.6 is 0 Å². The fourth-order valence-corrected chi connectivity index (χ4v) is 8.23. The van der Waals surface area contributed by atoms with Crippen molar-refractivity contribution in [3.63, 3.8) is 0 Å². The summed E-state index contributed by atoms with van der Waals surface area (Å²) in [6, 6.07) is 18.9. The number of aromatic nitrogens is 1. The second-order valence-corrected chi connectivity index (χ2v) is 16.2. The lowest BCUT2D eigenvalue weighted by Crippen LogP contribution is -2.59. The Balaban J connectivity index is 1.29. The predicted molar refractivity (Wildman–Crippen MR) is 221 cm³/mol. The van der Waals surface area contributed by atoms with E-state index in [1.165, 1.54) is 0 Å². The molecule has 2 aliphatic rings. The van der Waals surface area contributed by atoms with Gasteiger partial charge in [-0.1, -0.05) is 80.6 Å². The molecule has 2 aromatic carbocycles. The van der Waals surface area contributed by atoms with Crippen molar-refractivity contribution in [3.05, 3.63) is 101 Å². The lowest BCUT2D eigenvalue weighted by molar-refractivity contribution is -0.140. The number of carboxylic acid groups (broad SMARTS) is 1. The third-order valence-corrected chi connectivity index (χ3v) is 11.2. The first kappa shape index (κ1) is 43.9. The number of nitrogens with one attached hydrogen (secondary N) is 3. The molecule has 8 N–H and O–H groups in total. The van der Waals surface area contributed by atoms with E-state index in [2.05, 4.69) is 27.0 Å². The fourth-order valence-electron chi connectivity index (χ4n) is 8.23. The molecule has 1 fully saturated rings. The molecular formula is C44H60N8O6. The van der Waals surface area contributed by atoms with Gasteiger partial charge in [0, 0.05) is 44.2 Å². The Morgan fingerprint density at radius 3 is 2.02 bits per heavy atom. The molecule has 4 atom stereocenters. The summed E-state index contributed by atoms with van der Waals surface area (Å²) in [5.41, 5.74) is 15.4. The minimum atomic E-state index is -1.02. The molecule has 0 aliphatic carbocycles. The molecule has 1 aromatic heterocycles. The Bertz CT molecular complexity index is 1840. The molecule has 14 heteroatoms. The van der Waals surface area contributed by atoms with Gasteiger partial charge in [-0.05, 0) is 80.2 Å². The average molecular weight is 797 g/mol. The Morgan fingerprint density at radius 2 is 1.40 bits per heavy atom. The highest BCUT2D eigenvalue weighted by Crippen LogP contribution is 2.41. The maximum atomic E-state index is 14.3. The number of nitrogens with zero attached hydrogens (tertiary/aromatic N) is 3. The molecule has 0 unspecified atom stereocenters. The van der Waals surface area contributed by atoms with Gasteiger partial charge in [0.05, 0.1) is 18.3 Å². The maximum absolute atomic E-state index is 14.3. The summed E-state index contributed by atoms with van der Waals surface area (Å²) in [7, 11) is 0. The Hall–Kier alpha value is -5.18. The van der Waals surface area contributed by atoms with E-state index < -0.39 is 47.9 Å². The van der Waals surface area contributed by atoms with Gasteiger partial charge in [-0.25, -0.2) is 0 Å². The topological polar surface area (TPSA) is 213 Å². The van der Waals surface area contributed by atoms with Crippen LogP contribution in [0.25, 0.3) is 0 Å². The molecule has 1 saturated heterocycles. The first-order valence-electron chi connectivity index (χ1n) is 20.5. The van der Waals surface area contributed by atoms with E-state index in [4.69, 9.17) is 11.5 Å². The quantitative estimate of drug-likeness (QED) is 0.0975. The fraction of sp³-hybridized carbons (Fsp3) is 0.500. The van der Waals surface area contributed by atoms with Crippen LogP contribution < -0.4 is 27.4 Å². The molecule has 4 amide bonds. The first-order chi connectivity index (χ1) is 27.9. The van der Waals surface area contributed by atoms with Crippen LogP contribution in [0.3, 0.4) is 0 Å². The van der Waals surface area contributed by atoms with Gasteiger partial charge in [-0.2, -0.15) is 0 Å². The number of piperidine rings is 1. The van der Waals surface area contributed by atoms with Crippen molar-refractivity contribution in [3.8, 4) is 0 Å². The number of likely N-dealkylation sites (tertiary alicyclic amines) is 1. The number of hydrogen-bond donors (Lipinski definition) is 6. The summed E-state index contributed by atoms with van der Waals surface area (Å²) in [5.74, 6) is -2.59. The number of carbonyl (C=O) groups is 5. The summed E-state index contributed by atoms with van der Waals surface area (Å²) in [4.78, 5) is 75.9. The van der Waals surface area contributed by atoms with Crippen LogP contribution in [-0.2, 0) is 48.8 Å². The third-order valence-electron chi connectivity index (χ3n) is 11.2. The van der Waals surface area contributed by atoms with E-state index >= 15 is 0 Å². The van der Waals surface area contributed by atoms with Gasteiger partial charge >= 0.3 is 5.97 Å². The van der Waals surface area contributed by atoms with Crippen LogP contribution in [0.4, 0.5) is 0 Å². The lowest BCUT2D eigenvalue weighted by atomic mass is 9.70. The lowest BCUT2D eigenvalue weighted by Gasteiger charge is -2.48. The molecule has 3 aromatic rings. The number of carboxylic acids is 1. The zero-order valence-corrected chi connectivity index (χ0v) is 33.8. The van der Waals surface area contributed by atoms with Crippen LogP contribution in [0.15, 0.2) is 79.0 Å². The summed E-state index contributed by atoms with van der Waals surface area (Å²) < 4.78 is 0. The number of rotatable bonds is 19. The van der Waals surface area contributed by atoms with E-state index in [1.807, 2.05) is 85.5 Å². The highest BCUT2D eigenvalue weighted by Gasteiger charge is 2.44. The predicted octanol–water partition coefficient (Wildman–Crippen LogP) is 2.28. The Labute approximate surface area is 341 Å². The number of hydrogen-bond acceptors (Lipinski definition) is 9. The molecule has 0 bridgehead atoms. The second-order valence-electron chi connectivity index (χ2n) is 16.2. The summed E-state index contributed by atoms with van der Waals surface area (Å²) in [6.07, 6.45) is 5.38. The minimum absolute atomic E-state index is 0.00994. The van der Waals surface area contributed by atoms with Crippen molar-refractivity contribution in [2.75, 3.05) is 32.7 Å². The number of amides is 4.